The normalized spacial score (nSPS) is 12.7. The molecule has 0 aliphatic heterocycles. The molecular weight excluding hydrogens is 386 g/mol. The summed E-state index contributed by atoms with van der Waals surface area (Å²) < 4.78 is 33.4. The van der Waals surface area contributed by atoms with Crippen molar-refractivity contribution in [3.8, 4) is 5.75 Å². The first-order valence-electron chi connectivity index (χ1n) is 9.18. The van der Waals surface area contributed by atoms with Crippen LogP contribution in [0.15, 0.2) is 84.1 Å². The highest BCUT2D eigenvalue weighted by atomic mass is 32.2. The van der Waals surface area contributed by atoms with Gasteiger partial charge in [0.25, 0.3) is 0 Å². The lowest BCUT2D eigenvalue weighted by molar-refractivity contribution is 0.414. The number of H-pyrrole nitrogens is 1. The Hall–Kier alpha value is -3.16. The van der Waals surface area contributed by atoms with Gasteiger partial charge in [0.05, 0.1) is 7.11 Å². The lowest BCUT2D eigenvalue weighted by Crippen LogP contribution is -2.29. The minimum absolute atomic E-state index is 0.146. The average Bonchev–Trinajstić information content (AvgIpc) is 3.19. The van der Waals surface area contributed by atoms with Crippen molar-refractivity contribution in [2.75, 3.05) is 13.7 Å². The van der Waals surface area contributed by atoms with E-state index in [0.29, 0.717) is 0 Å². The van der Waals surface area contributed by atoms with Gasteiger partial charge in [0, 0.05) is 42.0 Å². The highest BCUT2D eigenvalue weighted by molar-refractivity contribution is 7.89. The maximum Gasteiger partial charge on any atom is 0.242 e. The van der Waals surface area contributed by atoms with Crippen molar-refractivity contribution in [3.05, 3.63) is 90.4 Å². The van der Waals surface area contributed by atoms with Crippen molar-refractivity contribution >= 4 is 20.9 Å². The monoisotopic (exact) mass is 407 g/mol. The Balaban J connectivity index is 1.70. The zero-order valence-electron chi connectivity index (χ0n) is 15.9. The lowest BCUT2D eigenvalue weighted by Gasteiger charge is -2.18. The third-order valence-corrected chi connectivity index (χ3v) is 6.35. The Morgan fingerprint density at radius 2 is 1.86 bits per heavy atom. The number of hydrogen-bond donors (Lipinski definition) is 2. The molecule has 0 unspecified atom stereocenters. The number of hydrogen-bond acceptors (Lipinski definition) is 4. The van der Waals surface area contributed by atoms with Crippen molar-refractivity contribution in [1.29, 1.82) is 0 Å². The molecule has 6 nitrogen and oxygen atoms in total. The molecule has 1 atom stereocenters. The average molecular weight is 407 g/mol. The number of aromatic amines is 1. The number of sulfonamides is 1. The first-order chi connectivity index (χ1) is 14.1. The minimum atomic E-state index is -3.67. The number of para-hydroxylation sites is 1. The van der Waals surface area contributed by atoms with E-state index < -0.39 is 10.0 Å². The van der Waals surface area contributed by atoms with Gasteiger partial charge in [-0.05, 0) is 41.5 Å². The van der Waals surface area contributed by atoms with E-state index >= 15 is 0 Å². The van der Waals surface area contributed by atoms with Crippen LogP contribution in [0.4, 0.5) is 0 Å². The van der Waals surface area contributed by atoms with Gasteiger partial charge in [-0.3, -0.25) is 4.98 Å². The topological polar surface area (TPSA) is 84.1 Å². The molecule has 148 valence electrons. The van der Waals surface area contributed by atoms with Crippen molar-refractivity contribution in [2.45, 2.75) is 10.8 Å². The number of methoxy groups -OCH3 is 1. The Bertz CT molecular complexity index is 1200. The van der Waals surface area contributed by atoms with Gasteiger partial charge in [-0.25, -0.2) is 13.1 Å². The second kappa shape index (κ2) is 8.06. The van der Waals surface area contributed by atoms with Gasteiger partial charge in [-0.1, -0.05) is 30.3 Å². The van der Waals surface area contributed by atoms with E-state index in [4.69, 9.17) is 4.74 Å². The molecule has 2 aromatic carbocycles. The van der Waals surface area contributed by atoms with Crippen LogP contribution in [0.5, 0.6) is 5.75 Å². The zero-order chi connectivity index (χ0) is 20.3. The van der Waals surface area contributed by atoms with Crippen LogP contribution in [0, 0.1) is 0 Å². The Kier molecular flexibility index (Phi) is 5.33. The van der Waals surface area contributed by atoms with E-state index in [2.05, 4.69) is 14.7 Å². The number of pyridine rings is 1. The molecule has 0 radical (unpaired) electrons. The van der Waals surface area contributed by atoms with Crippen LogP contribution in [-0.4, -0.2) is 32.0 Å². The summed E-state index contributed by atoms with van der Waals surface area (Å²) in [4.78, 5) is 7.33. The molecule has 0 bridgehead atoms. The summed E-state index contributed by atoms with van der Waals surface area (Å²) in [6.45, 7) is 0.214. The molecule has 0 amide bonds. The van der Waals surface area contributed by atoms with Crippen LogP contribution >= 0.6 is 0 Å². The number of benzene rings is 2. The summed E-state index contributed by atoms with van der Waals surface area (Å²) in [5.74, 6) is 0.575. The van der Waals surface area contributed by atoms with Crippen molar-refractivity contribution in [2.24, 2.45) is 0 Å². The molecule has 0 spiro atoms. The predicted octanol–water partition coefficient (Wildman–Crippen LogP) is 3.68. The molecule has 2 N–H and O–H groups in total. The largest absolute Gasteiger partial charge is 0.497 e. The summed E-state index contributed by atoms with van der Waals surface area (Å²) >= 11 is 0. The lowest BCUT2D eigenvalue weighted by atomic mass is 9.91. The molecule has 0 saturated carbocycles. The molecule has 4 aromatic rings. The minimum Gasteiger partial charge on any atom is -0.497 e. The number of fused-ring (bicyclic) bond motifs is 1. The Morgan fingerprint density at radius 3 is 2.59 bits per heavy atom. The second-order valence-electron chi connectivity index (χ2n) is 6.66. The highest BCUT2D eigenvalue weighted by Crippen LogP contribution is 2.31. The number of aromatic nitrogens is 2. The van der Waals surface area contributed by atoms with E-state index in [9.17, 15) is 8.42 Å². The van der Waals surface area contributed by atoms with Crippen molar-refractivity contribution < 1.29 is 13.2 Å². The first kappa shape index (κ1) is 19.2. The highest BCUT2D eigenvalue weighted by Gasteiger charge is 2.22. The van der Waals surface area contributed by atoms with Gasteiger partial charge in [-0.2, -0.15) is 0 Å². The van der Waals surface area contributed by atoms with Crippen molar-refractivity contribution in [1.82, 2.24) is 14.7 Å². The summed E-state index contributed by atoms with van der Waals surface area (Å²) in [5.41, 5.74) is 3.03. The SMILES string of the molecule is COc1ccc([C@H](CNS(=O)(=O)c2cccnc2)c2c[nH]c3ccccc23)cc1. The van der Waals surface area contributed by atoms with Gasteiger partial charge < -0.3 is 9.72 Å². The van der Waals surface area contributed by atoms with Crippen LogP contribution in [0.1, 0.15) is 17.0 Å². The molecule has 0 fully saturated rings. The van der Waals surface area contributed by atoms with E-state index in [1.54, 1.807) is 19.4 Å². The maximum absolute atomic E-state index is 12.7. The van der Waals surface area contributed by atoms with Crippen LogP contribution in [-0.2, 0) is 10.0 Å². The van der Waals surface area contributed by atoms with Gasteiger partial charge in [-0.15, -0.1) is 0 Å². The summed E-state index contributed by atoms with van der Waals surface area (Å²) in [5, 5.41) is 1.06. The molecule has 7 heteroatoms. The summed E-state index contributed by atoms with van der Waals surface area (Å²) in [6.07, 6.45) is 4.83. The summed E-state index contributed by atoms with van der Waals surface area (Å²) in [7, 11) is -2.05. The number of rotatable bonds is 7. The molecule has 0 aliphatic rings. The van der Waals surface area contributed by atoms with Gasteiger partial charge in [0.1, 0.15) is 10.6 Å². The third-order valence-electron chi connectivity index (χ3n) is 4.94. The van der Waals surface area contributed by atoms with Gasteiger partial charge in [0.2, 0.25) is 10.0 Å². The van der Waals surface area contributed by atoms with Gasteiger partial charge in [0.15, 0.2) is 0 Å². The summed E-state index contributed by atoms with van der Waals surface area (Å²) in [6, 6.07) is 18.8. The quantitative estimate of drug-likeness (QED) is 0.489. The number of nitrogens with one attached hydrogen (secondary N) is 2. The molecule has 29 heavy (non-hydrogen) atoms. The van der Waals surface area contributed by atoms with E-state index in [1.165, 1.54) is 12.3 Å². The van der Waals surface area contributed by atoms with Crippen molar-refractivity contribution in [3.63, 3.8) is 0 Å². The Morgan fingerprint density at radius 1 is 1.07 bits per heavy atom. The molecule has 0 aliphatic carbocycles. The molecule has 4 rings (SSSR count). The molecule has 0 saturated heterocycles. The van der Waals surface area contributed by atoms with E-state index in [-0.39, 0.29) is 17.4 Å². The maximum atomic E-state index is 12.7. The van der Waals surface area contributed by atoms with E-state index in [0.717, 1.165) is 27.8 Å². The van der Waals surface area contributed by atoms with Crippen LogP contribution in [0.2, 0.25) is 0 Å². The fourth-order valence-electron chi connectivity index (χ4n) is 3.41. The fraction of sp³-hybridized carbons (Fsp3) is 0.136. The second-order valence-corrected chi connectivity index (χ2v) is 8.42. The standard InChI is InChI=1S/C22H21N3O3S/c1-28-17-10-8-16(9-11-17)20(21-14-24-22-7-3-2-6-19(21)22)15-25-29(26,27)18-5-4-12-23-13-18/h2-14,20,24-25H,15H2,1H3/t20-/m0/s1. The molecular formula is C22H21N3O3S. The Labute approximate surface area is 169 Å². The fourth-order valence-corrected chi connectivity index (χ4v) is 4.42. The number of ether oxygens (including phenoxy) is 1. The van der Waals surface area contributed by atoms with Crippen LogP contribution in [0.25, 0.3) is 10.9 Å². The third kappa shape index (κ3) is 4.01. The van der Waals surface area contributed by atoms with Crippen LogP contribution < -0.4 is 9.46 Å². The van der Waals surface area contributed by atoms with E-state index in [1.807, 2.05) is 54.7 Å². The van der Waals surface area contributed by atoms with Gasteiger partial charge >= 0.3 is 0 Å². The smallest absolute Gasteiger partial charge is 0.242 e. The zero-order valence-corrected chi connectivity index (χ0v) is 16.7. The predicted molar refractivity (Wildman–Crippen MR) is 113 cm³/mol. The first-order valence-corrected chi connectivity index (χ1v) is 10.7. The van der Waals surface area contributed by atoms with Crippen LogP contribution in [0.3, 0.4) is 0 Å². The molecule has 2 heterocycles. The molecule has 2 aromatic heterocycles. The number of nitrogens with zero attached hydrogens (tertiary/aromatic N) is 1.